The molecular weight excluding hydrogens is 247 g/mol. The SMILES string of the molecule is COC(=O)C(C)(C)NC1CCCC(C(F)(F)F)C1. The molecule has 0 aliphatic heterocycles. The van der Waals surface area contributed by atoms with Crippen molar-refractivity contribution in [2.45, 2.75) is 57.3 Å². The van der Waals surface area contributed by atoms with Crippen molar-refractivity contribution >= 4 is 5.97 Å². The first-order valence-corrected chi connectivity index (χ1v) is 6.09. The number of hydrogen-bond donors (Lipinski definition) is 1. The average molecular weight is 267 g/mol. The molecule has 0 aromatic heterocycles. The highest BCUT2D eigenvalue weighted by Crippen LogP contribution is 2.37. The fraction of sp³-hybridized carbons (Fsp3) is 0.917. The second-order valence-electron chi connectivity index (χ2n) is 5.36. The Morgan fingerprint density at radius 1 is 1.28 bits per heavy atom. The molecule has 0 aromatic rings. The third-order valence-electron chi connectivity index (χ3n) is 3.40. The van der Waals surface area contributed by atoms with Gasteiger partial charge in [0.15, 0.2) is 0 Å². The molecule has 0 bridgehead atoms. The van der Waals surface area contributed by atoms with Gasteiger partial charge in [-0.2, -0.15) is 13.2 Å². The smallest absolute Gasteiger partial charge is 0.391 e. The average Bonchev–Trinajstić information content (AvgIpc) is 2.26. The third-order valence-corrected chi connectivity index (χ3v) is 3.40. The fourth-order valence-electron chi connectivity index (χ4n) is 2.44. The molecule has 1 rings (SSSR count). The monoisotopic (exact) mass is 267 g/mol. The summed E-state index contributed by atoms with van der Waals surface area (Å²) in [6.45, 7) is 3.24. The van der Waals surface area contributed by atoms with Gasteiger partial charge in [0.25, 0.3) is 0 Å². The highest BCUT2D eigenvalue weighted by molar-refractivity contribution is 5.79. The Hall–Kier alpha value is -0.780. The summed E-state index contributed by atoms with van der Waals surface area (Å²) in [5, 5.41) is 2.97. The minimum Gasteiger partial charge on any atom is -0.468 e. The molecule has 1 fully saturated rings. The number of halogens is 3. The number of hydrogen-bond acceptors (Lipinski definition) is 3. The molecule has 2 unspecified atom stereocenters. The van der Waals surface area contributed by atoms with Crippen molar-refractivity contribution < 1.29 is 22.7 Å². The van der Waals surface area contributed by atoms with Crippen molar-refractivity contribution in [1.29, 1.82) is 0 Å². The van der Waals surface area contributed by atoms with Crippen molar-refractivity contribution in [3.05, 3.63) is 0 Å². The molecule has 0 heterocycles. The molecule has 0 saturated heterocycles. The Bertz CT molecular complexity index is 302. The van der Waals surface area contributed by atoms with Crippen LogP contribution in [0.3, 0.4) is 0 Å². The van der Waals surface area contributed by atoms with Gasteiger partial charge in [-0.3, -0.25) is 10.1 Å². The molecule has 1 aliphatic carbocycles. The lowest BCUT2D eigenvalue weighted by Crippen LogP contribution is -2.53. The van der Waals surface area contributed by atoms with Crippen LogP contribution < -0.4 is 5.32 Å². The van der Waals surface area contributed by atoms with Gasteiger partial charge >= 0.3 is 12.1 Å². The molecular formula is C12H20F3NO2. The van der Waals surface area contributed by atoms with Crippen molar-refractivity contribution in [3.63, 3.8) is 0 Å². The molecule has 2 atom stereocenters. The van der Waals surface area contributed by atoms with Crippen molar-refractivity contribution in [3.8, 4) is 0 Å². The predicted molar refractivity (Wildman–Crippen MR) is 61.0 cm³/mol. The predicted octanol–water partition coefficient (Wildman–Crippen LogP) is 2.65. The molecule has 0 spiro atoms. The zero-order valence-electron chi connectivity index (χ0n) is 10.9. The lowest BCUT2D eigenvalue weighted by Gasteiger charge is -2.35. The van der Waals surface area contributed by atoms with Crippen LogP contribution in [-0.2, 0) is 9.53 Å². The van der Waals surface area contributed by atoms with E-state index >= 15 is 0 Å². The van der Waals surface area contributed by atoms with Crippen LogP contribution in [0, 0.1) is 5.92 Å². The number of alkyl halides is 3. The second kappa shape index (κ2) is 5.47. The van der Waals surface area contributed by atoms with Crippen LogP contribution in [0.4, 0.5) is 13.2 Å². The summed E-state index contributed by atoms with van der Waals surface area (Å²) < 4.78 is 42.6. The van der Waals surface area contributed by atoms with E-state index in [0.29, 0.717) is 12.8 Å². The zero-order chi connectivity index (χ0) is 14.0. The second-order valence-corrected chi connectivity index (χ2v) is 5.36. The number of rotatable bonds is 3. The maximum atomic E-state index is 12.7. The van der Waals surface area contributed by atoms with E-state index in [4.69, 9.17) is 0 Å². The Morgan fingerprint density at radius 2 is 1.89 bits per heavy atom. The van der Waals surface area contributed by atoms with E-state index in [0.717, 1.165) is 0 Å². The Balaban J connectivity index is 2.60. The number of carbonyl (C=O) groups is 1. The first-order valence-electron chi connectivity index (χ1n) is 6.09. The van der Waals surface area contributed by atoms with E-state index in [1.807, 2.05) is 0 Å². The van der Waals surface area contributed by atoms with Gasteiger partial charge in [0, 0.05) is 6.04 Å². The van der Waals surface area contributed by atoms with Crippen LogP contribution in [-0.4, -0.2) is 30.8 Å². The van der Waals surface area contributed by atoms with Gasteiger partial charge in [-0.15, -0.1) is 0 Å². The highest BCUT2D eigenvalue weighted by atomic mass is 19.4. The van der Waals surface area contributed by atoms with Gasteiger partial charge in [-0.1, -0.05) is 6.42 Å². The number of ether oxygens (including phenoxy) is 1. The van der Waals surface area contributed by atoms with Crippen molar-refractivity contribution in [1.82, 2.24) is 5.32 Å². The molecule has 106 valence electrons. The lowest BCUT2D eigenvalue weighted by molar-refractivity contribution is -0.184. The number of methoxy groups -OCH3 is 1. The summed E-state index contributed by atoms with van der Waals surface area (Å²) in [6.07, 6.45) is -2.74. The molecule has 0 aromatic carbocycles. The van der Waals surface area contributed by atoms with Gasteiger partial charge in [-0.05, 0) is 33.1 Å². The molecule has 3 nitrogen and oxygen atoms in total. The zero-order valence-corrected chi connectivity index (χ0v) is 10.9. The van der Waals surface area contributed by atoms with Gasteiger partial charge in [0.05, 0.1) is 13.0 Å². The van der Waals surface area contributed by atoms with E-state index < -0.39 is 23.6 Å². The van der Waals surface area contributed by atoms with Crippen LogP contribution in [0.5, 0.6) is 0 Å². The van der Waals surface area contributed by atoms with E-state index in [9.17, 15) is 18.0 Å². The standard InChI is InChI=1S/C12H20F3NO2/c1-11(2,10(17)18-3)16-9-6-4-5-8(7-9)12(13,14)15/h8-9,16H,4-7H2,1-3H3. The maximum absolute atomic E-state index is 12.7. The van der Waals surface area contributed by atoms with Crippen LogP contribution in [0.25, 0.3) is 0 Å². The van der Waals surface area contributed by atoms with E-state index in [1.165, 1.54) is 7.11 Å². The van der Waals surface area contributed by atoms with Crippen molar-refractivity contribution in [2.24, 2.45) is 5.92 Å². The van der Waals surface area contributed by atoms with Crippen LogP contribution in [0.2, 0.25) is 0 Å². The Labute approximate surface area is 105 Å². The topological polar surface area (TPSA) is 38.3 Å². The van der Waals surface area contributed by atoms with Crippen LogP contribution >= 0.6 is 0 Å². The first kappa shape index (κ1) is 15.3. The number of nitrogens with one attached hydrogen (secondary N) is 1. The van der Waals surface area contributed by atoms with E-state index in [2.05, 4.69) is 10.1 Å². The Kier molecular flexibility index (Phi) is 4.64. The highest BCUT2D eigenvalue weighted by Gasteiger charge is 2.43. The quantitative estimate of drug-likeness (QED) is 0.799. The molecule has 0 amide bonds. The molecule has 18 heavy (non-hydrogen) atoms. The third kappa shape index (κ3) is 3.86. The van der Waals surface area contributed by atoms with Gasteiger partial charge in [-0.25, -0.2) is 0 Å². The van der Waals surface area contributed by atoms with Gasteiger partial charge < -0.3 is 4.74 Å². The molecule has 0 radical (unpaired) electrons. The molecule has 1 N–H and O–H groups in total. The number of carbonyl (C=O) groups excluding carboxylic acids is 1. The van der Waals surface area contributed by atoms with Crippen molar-refractivity contribution in [2.75, 3.05) is 7.11 Å². The summed E-state index contributed by atoms with van der Waals surface area (Å²) in [5.41, 5.74) is -0.951. The summed E-state index contributed by atoms with van der Waals surface area (Å²) in [6, 6.07) is -0.292. The molecule has 6 heteroatoms. The summed E-state index contributed by atoms with van der Waals surface area (Å²) in [7, 11) is 1.27. The Morgan fingerprint density at radius 3 is 2.39 bits per heavy atom. The number of esters is 1. The van der Waals surface area contributed by atoms with Gasteiger partial charge in [0.2, 0.25) is 0 Å². The molecule has 1 aliphatic rings. The fourth-order valence-corrected chi connectivity index (χ4v) is 2.44. The van der Waals surface area contributed by atoms with Crippen LogP contribution in [0.15, 0.2) is 0 Å². The first-order chi connectivity index (χ1) is 8.16. The minimum absolute atomic E-state index is 0.0317. The maximum Gasteiger partial charge on any atom is 0.391 e. The summed E-state index contributed by atoms with van der Waals surface area (Å²) in [5.74, 6) is -1.73. The minimum atomic E-state index is -4.14. The lowest BCUT2D eigenvalue weighted by atomic mass is 9.84. The molecule has 1 saturated carbocycles. The van der Waals surface area contributed by atoms with E-state index in [-0.39, 0.29) is 18.9 Å². The summed E-state index contributed by atoms with van der Waals surface area (Å²) in [4.78, 5) is 11.5. The normalized spacial score (nSPS) is 25.9. The van der Waals surface area contributed by atoms with E-state index in [1.54, 1.807) is 13.8 Å². The van der Waals surface area contributed by atoms with Gasteiger partial charge in [0.1, 0.15) is 5.54 Å². The summed E-state index contributed by atoms with van der Waals surface area (Å²) >= 11 is 0. The largest absolute Gasteiger partial charge is 0.468 e. The van der Waals surface area contributed by atoms with Crippen LogP contribution in [0.1, 0.15) is 39.5 Å².